The lowest BCUT2D eigenvalue weighted by atomic mass is 9.62. The highest BCUT2D eigenvalue weighted by atomic mass is 16.5. The second kappa shape index (κ2) is 12.6. The van der Waals surface area contributed by atoms with Gasteiger partial charge in [0.05, 0.1) is 19.0 Å². The Kier molecular flexibility index (Phi) is 10.2. The lowest BCUT2D eigenvalue weighted by Crippen LogP contribution is -2.40. The summed E-state index contributed by atoms with van der Waals surface area (Å²) < 4.78 is 7.37. The van der Waals surface area contributed by atoms with Gasteiger partial charge in [-0.25, -0.2) is 4.68 Å². The van der Waals surface area contributed by atoms with Crippen molar-refractivity contribution in [1.82, 2.24) is 15.1 Å². The fourth-order valence-electron chi connectivity index (χ4n) is 4.35. The van der Waals surface area contributed by atoms with Gasteiger partial charge >= 0.3 is 0 Å². The van der Waals surface area contributed by atoms with Crippen LogP contribution in [0.15, 0.2) is 79.6 Å². The highest BCUT2D eigenvalue weighted by Gasteiger charge is 2.40. The van der Waals surface area contributed by atoms with Crippen LogP contribution in [0, 0.1) is 17.8 Å². The van der Waals surface area contributed by atoms with Gasteiger partial charge in [0, 0.05) is 22.4 Å². The highest BCUT2D eigenvalue weighted by Crippen LogP contribution is 2.48. The van der Waals surface area contributed by atoms with E-state index in [1.807, 2.05) is 48.1 Å². The smallest absolute Gasteiger partial charge is 0.144 e. The van der Waals surface area contributed by atoms with E-state index < -0.39 is 0 Å². The Bertz CT molecular complexity index is 1140. The lowest BCUT2D eigenvalue weighted by Gasteiger charge is -2.45. The number of para-hydroxylation sites is 2. The van der Waals surface area contributed by atoms with Gasteiger partial charge in [0.15, 0.2) is 0 Å². The van der Waals surface area contributed by atoms with Crippen molar-refractivity contribution in [2.45, 2.75) is 67.7 Å². The quantitative estimate of drug-likeness (QED) is 0.312. The minimum atomic E-state index is -0.0444. The lowest BCUT2D eigenvalue weighted by molar-refractivity contribution is 0.114. The van der Waals surface area contributed by atoms with Gasteiger partial charge in [-0.1, -0.05) is 104 Å². The molecule has 0 spiro atoms. The van der Waals surface area contributed by atoms with Crippen LogP contribution in [-0.4, -0.2) is 16.9 Å². The molecule has 1 atom stereocenters. The summed E-state index contributed by atoms with van der Waals surface area (Å²) in [7, 11) is 1.67. The maximum absolute atomic E-state index is 5.49. The number of hydrogen-bond acceptors (Lipinski definition) is 3. The molecule has 0 bridgehead atoms. The van der Waals surface area contributed by atoms with E-state index in [2.05, 4.69) is 89.4 Å². The standard InChI is InChI=1S/C24H35N3O.C8H10/c1-10-23(6,7)24(8,11-2)19(5)26-17(3)20-16-25-27(18(20)4)21-14-12-13-15-22(21)28-9;1-2-8-6-4-3-5-7-8/h12-16,26H,3,5,10-11H2,1-2,4,6-9H3;3-7H,2H2,1H3/t24-;/m0./s1. The third kappa shape index (κ3) is 6.29. The molecule has 4 nitrogen and oxygen atoms in total. The number of nitrogens with zero attached hydrogens (tertiary/aromatic N) is 2. The number of ether oxygens (including phenoxy) is 1. The van der Waals surface area contributed by atoms with E-state index in [0.717, 1.165) is 53.4 Å². The van der Waals surface area contributed by atoms with E-state index in [-0.39, 0.29) is 10.8 Å². The van der Waals surface area contributed by atoms with Crippen LogP contribution in [0.4, 0.5) is 0 Å². The maximum atomic E-state index is 5.49. The molecule has 36 heavy (non-hydrogen) atoms. The highest BCUT2D eigenvalue weighted by molar-refractivity contribution is 5.66. The summed E-state index contributed by atoms with van der Waals surface area (Å²) in [6.45, 7) is 24.2. The van der Waals surface area contributed by atoms with Crippen LogP contribution >= 0.6 is 0 Å². The largest absolute Gasteiger partial charge is 0.494 e. The van der Waals surface area contributed by atoms with Crippen LogP contribution in [0.2, 0.25) is 0 Å². The minimum absolute atomic E-state index is 0.0444. The first kappa shape index (κ1) is 29.0. The van der Waals surface area contributed by atoms with Crippen molar-refractivity contribution in [2.24, 2.45) is 10.8 Å². The van der Waals surface area contributed by atoms with Crippen molar-refractivity contribution in [3.8, 4) is 11.4 Å². The van der Waals surface area contributed by atoms with E-state index in [4.69, 9.17) is 4.74 Å². The molecule has 3 rings (SSSR count). The number of allylic oxidation sites excluding steroid dienone is 1. The van der Waals surface area contributed by atoms with E-state index >= 15 is 0 Å². The molecule has 2 aromatic carbocycles. The number of benzene rings is 2. The first-order chi connectivity index (χ1) is 17.1. The number of hydrogen-bond donors (Lipinski definition) is 1. The minimum Gasteiger partial charge on any atom is -0.494 e. The zero-order valence-electron chi connectivity index (χ0n) is 23.6. The van der Waals surface area contributed by atoms with Gasteiger partial charge in [-0.3, -0.25) is 0 Å². The second-order valence-corrected chi connectivity index (χ2v) is 10.1. The fraction of sp³-hybridized carbons (Fsp3) is 0.406. The first-order valence-corrected chi connectivity index (χ1v) is 12.9. The SMILES string of the molecule is C=C(NC(=C)[C@](C)(CC)C(C)(C)CC)c1cnn(-c2ccccc2OC)c1C.CCc1ccccc1. The van der Waals surface area contributed by atoms with Crippen molar-refractivity contribution in [2.75, 3.05) is 7.11 Å². The summed E-state index contributed by atoms with van der Waals surface area (Å²) in [5.74, 6) is 0.784. The summed E-state index contributed by atoms with van der Waals surface area (Å²) in [4.78, 5) is 0. The van der Waals surface area contributed by atoms with Crippen LogP contribution in [0.3, 0.4) is 0 Å². The monoisotopic (exact) mass is 487 g/mol. The molecule has 0 saturated carbocycles. The van der Waals surface area contributed by atoms with Crippen molar-refractivity contribution in [1.29, 1.82) is 0 Å². The molecule has 1 aromatic heterocycles. The van der Waals surface area contributed by atoms with Crippen molar-refractivity contribution < 1.29 is 4.74 Å². The normalized spacial score (nSPS) is 12.7. The molecule has 0 aliphatic rings. The van der Waals surface area contributed by atoms with Gasteiger partial charge in [-0.15, -0.1) is 0 Å². The zero-order valence-corrected chi connectivity index (χ0v) is 23.6. The van der Waals surface area contributed by atoms with E-state index in [0.29, 0.717) is 0 Å². The maximum Gasteiger partial charge on any atom is 0.144 e. The van der Waals surface area contributed by atoms with Gasteiger partial charge in [0.1, 0.15) is 11.4 Å². The Morgan fingerprint density at radius 3 is 2.08 bits per heavy atom. The van der Waals surface area contributed by atoms with Crippen molar-refractivity contribution in [3.63, 3.8) is 0 Å². The Hall–Kier alpha value is -3.27. The molecule has 0 fully saturated rings. The number of aromatic nitrogens is 2. The molecule has 4 heteroatoms. The summed E-state index contributed by atoms with van der Waals surface area (Å²) in [5, 5.41) is 8.07. The van der Waals surface area contributed by atoms with Crippen molar-refractivity contribution in [3.05, 3.63) is 96.5 Å². The van der Waals surface area contributed by atoms with Gasteiger partial charge in [0.2, 0.25) is 0 Å². The van der Waals surface area contributed by atoms with E-state index in [1.54, 1.807) is 7.11 Å². The third-order valence-corrected chi connectivity index (χ3v) is 7.95. The molecule has 1 N–H and O–H groups in total. The Labute approximate surface area is 219 Å². The van der Waals surface area contributed by atoms with Crippen molar-refractivity contribution >= 4 is 5.70 Å². The predicted octanol–water partition coefficient (Wildman–Crippen LogP) is 8.36. The fourth-order valence-corrected chi connectivity index (χ4v) is 4.35. The second-order valence-electron chi connectivity index (χ2n) is 10.1. The van der Waals surface area contributed by atoms with Gasteiger partial charge in [-0.2, -0.15) is 5.10 Å². The number of nitrogens with one attached hydrogen (secondary N) is 1. The van der Waals surface area contributed by atoms with Crippen LogP contribution in [0.25, 0.3) is 11.4 Å². The van der Waals surface area contributed by atoms with Crippen LogP contribution in [0.1, 0.15) is 71.2 Å². The molecule has 0 radical (unpaired) electrons. The summed E-state index contributed by atoms with van der Waals surface area (Å²) in [6.07, 6.45) is 5.07. The molecule has 0 unspecified atom stereocenters. The van der Waals surface area contributed by atoms with Gasteiger partial charge in [-0.05, 0) is 42.9 Å². The molecule has 3 aromatic rings. The van der Waals surface area contributed by atoms with E-state index in [1.165, 1.54) is 5.56 Å². The Balaban J connectivity index is 0.000000482. The number of methoxy groups -OCH3 is 1. The van der Waals surface area contributed by atoms with Crippen LogP contribution in [0.5, 0.6) is 5.75 Å². The van der Waals surface area contributed by atoms with E-state index in [9.17, 15) is 0 Å². The molecular weight excluding hydrogens is 442 g/mol. The average Bonchev–Trinajstić information content (AvgIpc) is 3.29. The van der Waals surface area contributed by atoms with Gasteiger partial charge in [0.25, 0.3) is 0 Å². The summed E-state index contributed by atoms with van der Waals surface area (Å²) in [5.41, 5.74) is 6.19. The Morgan fingerprint density at radius 1 is 0.944 bits per heavy atom. The summed E-state index contributed by atoms with van der Waals surface area (Å²) >= 11 is 0. The average molecular weight is 488 g/mol. The predicted molar refractivity (Wildman–Crippen MR) is 154 cm³/mol. The molecule has 0 aliphatic carbocycles. The Morgan fingerprint density at radius 2 is 1.56 bits per heavy atom. The molecule has 0 saturated heterocycles. The van der Waals surface area contributed by atoms with Crippen LogP contribution < -0.4 is 10.1 Å². The molecule has 0 aliphatic heterocycles. The number of aryl methyl sites for hydroxylation is 1. The first-order valence-electron chi connectivity index (χ1n) is 12.9. The zero-order chi connectivity index (χ0) is 26.9. The summed E-state index contributed by atoms with van der Waals surface area (Å²) in [6, 6.07) is 18.3. The topological polar surface area (TPSA) is 39.1 Å². The molecule has 194 valence electrons. The molecule has 1 heterocycles. The number of rotatable bonds is 10. The third-order valence-electron chi connectivity index (χ3n) is 7.95. The molecule has 0 amide bonds. The van der Waals surface area contributed by atoms with Gasteiger partial charge < -0.3 is 10.1 Å². The van der Waals surface area contributed by atoms with Crippen LogP contribution in [-0.2, 0) is 6.42 Å². The molecular formula is C32H45N3O.